The lowest BCUT2D eigenvalue weighted by Gasteiger charge is -2.08. The Labute approximate surface area is 106 Å². The van der Waals surface area contributed by atoms with Crippen molar-refractivity contribution in [3.63, 3.8) is 0 Å². The summed E-state index contributed by atoms with van der Waals surface area (Å²) >= 11 is 0. The molecule has 2 nitrogen and oxygen atoms in total. The second-order valence-electron chi connectivity index (χ2n) is 4.24. The van der Waals surface area contributed by atoms with E-state index in [4.69, 9.17) is 10.5 Å². The topological polar surface area (TPSA) is 35.2 Å². The monoisotopic (exact) mass is 245 g/mol. The molecule has 0 aliphatic carbocycles. The first-order valence-electron chi connectivity index (χ1n) is 5.86. The van der Waals surface area contributed by atoms with Gasteiger partial charge in [0, 0.05) is 12.1 Å². The first kappa shape index (κ1) is 12.6. The third kappa shape index (κ3) is 3.08. The van der Waals surface area contributed by atoms with Gasteiger partial charge in [-0.1, -0.05) is 24.3 Å². The van der Waals surface area contributed by atoms with Gasteiger partial charge in [-0.05, 0) is 36.2 Å². The maximum absolute atomic E-state index is 13.7. The van der Waals surface area contributed by atoms with Crippen molar-refractivity contribution in [2.75, 3.05) is 0 Å². The molecule has 0 saturated carbocycles. The average molecular weight is 245 g/mol. The summed E-state index contributed by atoms with van der Waals surface area (Å²) in [5, 5.41) is 0. The molecule has 0 saturated heterocycles. The average Bonchev–Trinajstić information content (AvgIpc) is 2.37. The molecule has 94 valence electrons. The summed E-state index contributed by atoms with van der Waals surface area (Å²) in [5.74, 6) is 0.475. The van der Waals surface area contributed by atoms with Crippen LogP contribution in [0.25, 0.3) is 0 Å². The van der Waals surface area contributed by atoms with Crippen molar-refractivity contribution in [3.05, 3.63) is 65.0 Å². The number of nitrogens with two attached hydrogens (primary N) is 1. The van der Waals surface area contributed by atoms with Crippen molar-refractivity contribution in [1.29, 1.82) is 0 Å². The Bertz CT molecular complexity index is 540. The normalized spacial score (nSPS) is 10.4. The van der Waals surface area contributed by atoms with Crippen LogP contribution in [0.1, 0.15) is 16.7 Å². The fraction of sp³-hybridized carbons (Fsp3) is 0.200. The molecule has 2 aromatic rings. The Morgan fingerprint density at radius 1 is 1.17 bits per heavy atom. The van der Waals surface area contributed by atoms with E-state index in [1.54, 1.807) is 6.07 Å². The van der Waals surface area contributed by atoms with Crippen LogP contribution in [-0.2, 0) is 13.2 Å². The van der Waals surface area contributed by atoms with E-state index in [1.807, 2.05) is 37.3 Å². The smallest absolute Gasteiger partial charge is 0.130 e. The summed E-state index contributed by atoms with van der Waals surface area (Å²) in [6, 6.07) is 12.7. The Kier molecular flexibility index (Phi) is 3.95. The maximum atomic E-state index is 13.7. The van der Waals surface area contributed by atoms with E-state index >= 15 is 0 Å². The molecule has 3 heteroatoms. The van der Waals surface area contributed by atoms with Gasteiger partial charge in [-0.25, -0.2) is 4.39 Å². The molecule has 2 aromatic carbocycles. The lowest BCUT2D eigenvalue weighted by atomic mass is 10.1. The molecule has 0 atom stereocenters. The molecule has 0 aliphatic heterocycles. The predicted octanol–water partition coefficient (Wildman–Crippen LogP) is 3.17. The molecule has 0 amide bonds. The van der Waals surface area contributed by atoms with Crippen LogP contribution < -0.4 is 10.5 Å². The number of hydrogen-bond donors (Lipinski definition) is 1. The Morgan fingerprint density at radius 2 is 2.00 bits per heavy atom. The number of benzene rings is 2. The van der Waals surface area contributed by atoms with Crippen molar-refractivity contribution in [2.24, 2.45) is 5.73 Å². The zero-order valence-corrected chi connectivity index (χ0v) is 10.3. The summed E-state index contributed by atoms with van der Waals surface area (Å²) in [6.07, 6.45) is 0. The van der Waals surface area contributed by atoms with Crippen LogP contribution in [0.3, 0.4) is 0 Å². The molecular formula is C15H16FNO. The summed E-state index contributed by atoms with van der Waals surface area (Å²) in [6.45, 7) is 2.56. The Balaban J connectivity index is 2.06. The fourth-order valence-electron chi connectivity index (χ4n) is 1.70. The predicted molar refractivity (Wildman–Crippen MR) is 69.8 cm³/mol. The molecule has 0 fully saturated rings. The SMILES string of the molecule is Cc1cccc(OCc2ccc(CN)cc2F)c1. The minimum absolute atomic E-state index is 0.222. The van der Waals surface area contributed by atoms with E-state index in [0.29, 0.717) is 12.1 Å². The van der Waals surface area contributed by atoms with E-state index in [1.165, 1.54) is 6.07 Å². The van der Waals surface area contributed by atoms with Crippen LogP contribution in [0.4, 0.5) is 4.39 Å². The minimum Gasteiger partial charge on any atom is -0.489 e. The number of rotatable bonds is 4. The zero-order chi connectivity index (χ0) is 13.0. The van der Waals surface area contributed by atoms with Gasteiger partial charge >= 0.3 is 0 Å². The highest BCUT2D eigenvalue weighted by molar-refractivity contribution is 5.29. The molecule has 2 rings (SSSR count). The number of ether oxygens (including phenoxy) is 1. The zero-order valence-electron chi connectivity index (χ0n) is 10.3. The highest BCUT2D eigenvalue weighted by atomic mass is 19.1. The van der Waals surface area contributed by atoms with Crippen molar-refractivity contribution in [1.82, 2.24) is 0 Å². The molecule has 0 aromatic heterocycles. The highest BCUT2D eigenvalue weighted by Gasteiger charge is 2.04. The molecule has 0 unspecified atom stereocenters. The standard InChI is InChI=1S/C15H16FNO/c1-11-3-2-4-14(7-11)18-10-13-6-5-12(9-17)8-15(13)16/h2-8H,9-10,17H2,1H3. The molecule has 0 bridgehead atoms. The van der Waals surface area contributed by atoms with Crippen molar-refractivity contribution in [3.8, 4) is 5.75 Å². The summed E-state index contributed by atoms with van der Waals surface area (Å²) in [4.78, 5) is 0. The molecule has 0 radical (unpaired) electrons. The molecular weight excluding hydrogens is 229 g/mol. The highest BCUT2D eigenvalue weighted by Crippen LogP contribution is 2.16. The van der Waals surface area contributed by atoms with Gasteiger partial charge in [0.15, 0.2) is 0 Å². The largest absolute Gasteiger partial charge is 0.489 e. The van der Waals surface area contributed by atoms with Gasteiger partial charge in [0.05, 0.1) is 0 Å². The summed E-state index contributed by atoms with van der Waals surface area (Å²) in [5.41, 5.74) is 7.89. The van der Waals surface area contributed by atoms with Gasteiger partial charge in [-0.2, -0.15) is 0 Å². The fourth-order valence-corrected chi connectivity index (χ4v) is 1.70. The van der Waals surface area contributed by atoms with Gasteiger partial charge in [0.25, 0.3) is 0 Å². The number of hydrogen-bond acceptors (Lipinski definition) is 2. The van der Waals surface area contributed by atoms with E-state index in [0.717, 1.165) is 16.9 Å². The van der Waals surface area contributed by atoms with E-state index in [2.05, 4.69) is 0 Å². The third-order valence-electron chi connectivity index (χ3n) is 2.74. The first-order valence-corrected chi connectivity index (χ1v) is 5.86. The third-order valence-corrected chi connectivity index (χ3v) is 2.74. The second kappa shape index (κ2) is 5.65. The van der Waals surface area contributed by atoms with Crippen molar-refractivity contribution >= 4 is 0 Å². The molecule has 18 heavy (non-hydrogen) atoms. The molecule has 0 spiro atoms. The van der Waals surface area contributed by atoms with Crippen LogP contribution in [0, 0.1) is 12.7 Å². The molecule has 2 N–H and O–H groups in total. The van der Waals surface area contributed by atoms with Gasteiger partial charge in [0.1, 0.15) is 18.2 Å². The quantitative estimate of drug-likeness (QED) is 0.898. The van der Waals surface area contributed by atoms with E-state index in [9.17, 15) is 4.39 Å². The van der Waals surface area contributed by atoms with Crippen molar-refractivity contribution < 1.29 is 9.13 Å². The number of halogens is 1. The van der Waals surface area contributed by atoms with Crippen LogP contribution >= 0.6 is 0 Å². The van der Waals surface area contributed by atoms with Crippen LogP contribution in [0.15, 0.2) is 42.5 Å². The van der Waals surface area contributed by atoms with Crippen LogP contribution in [-0.4, -0.2) is 0 Å². The van der Waals surface area contributed by atoms with Crippen molar-refractivity contribution in [2.45, 2.75) is 20.1 Å². The number of aryl methyl sites for hydroxylation is 1. The lowest BCUT2D eigenvalue weighted by Crippen LogP contribution is -2.02. The lowest BCUT2D eigenvalue weighted by molar-refractivity contribution is 0.299. The van der Waals surface area contributed by atoms with Crippen LogP contribution in [0.5, 0.6) is 5.75 Å². The van der Waals surface area contributed by atoms with Gasteiger partial charge in [0.2, 0.25) is 0 Å². The minimum atomic E-state index is -0.273. The van der Waals surface area contributed by atoms with Gasteiger partial charge in [-0.15, -0.1) is 0 Å². The summed E-state index contributed by atoms with van der Waals surface area (Å²) < 4.78 is 19.2. The Morgan fingerprint density at radius 3 is 2.67 bits per heavy atom. The second-order valence-corrected chi connectivity index (χ2v) is 4.24. The maximum Gasteiger partial charge on any atom is 0.130 e. The van der Waals surface area contributed by atoms with E-state index < -0.39 is 0 Å². The summed E-state index contributed by atoms with van der Waals surface area (Å²) in [7, 11) is 0. The van der Waals surface area contributed by atoms with Crippen LogP contribution in [0.2, 0.25) is 0 Å². The van der Waals surface area contributed by atoms with Gasteiger partial charge in [-0.3, -0.25) is 0 Å². The molecule has 0 aliphatic rings. The molecule has 0 heterocycles. The van der Waals surface area contributed by atoms with Gasteiger partial charge < -0.3 is 10.5 Å². The Hall–Kier alpha value is -1.87. The van der Waals surface area contributed by atoms with E-state index in [-0.39, 0.29) is 12.4 Å². The first-order chi connectivity index (χ1) is 8.69.